The molecule has 0 radical (unpaired) electrons. The lowest BCUT2D eigenvalue weighted by atomic mass is 10.1. The number of benzene rings is 1. The van der Waals surface area contributed by atoms with Gasteiger partial charge in [-0.3, -0.25) is 4.79 Å². The van der Waals surface area contributed by atoms with E-state index in [0.29, 0.717) is 5.95 Å². The summed E-state index contributed by atoms with van der Waals surface area (Å²) in [4.78, 5) is 33.2. The van der Waals surface area contributed by atoms with E-state index in [4.69, 9.17) is 19.9 Å². The minimum atomic E-state index is -5.08. The van der Waals surface area contributed by atoms with Gasteiger partial charge in [-0.1, -0.05) is 17.7 Å². The molecular weight excluding hydrogens is 463 g/mol. The number of carbonyl (C=O) groups is 2. The Bertz CT molecular complexity index is 1100. The second kappa shape index (κ2) is 10.5. The first kappa shape index (κ1) is 26.2. The zero-order valence-electron chi connectivity index (χ0n) is 20.2. The van der Waals surface area contributed by atoms with Gasteiger partial charge in [-0.2, -0.15) is 18.2 Å². The minimum absolute atomic E-state index is 0.126. The Balaban J connectivity index is 0.000000429. The molecule has 1 saturated heterocycles. The van der Waals surface area contributed by atoms with Crippen LogP contribution in [0.4, 0.5) is 30.6 Å². The zero-order valence-corrected chi connectivity index (χ0v) is 20.2. The van der Waals surface area contributed by atoms with Gasteiger partial charge >= 0.3 is 12.1 Å². The van der Waals surface area contributed by atoms with Crippen molar-refractivity contribution in [2.24, 2.45) is 0 Å². The monoisotopic (exact) mass is 493 g/mol. The number of aliphatic carboxylic acids is 1. The molecule has 35 heavy (non-hydrogen) atoms. The molecule has 1 aromatic heterocycles. The van der Waals surface area contributed by atoms with Crippen molar-refractivity contribution in [1.29, 1.82) is 0 Å². The van der Waals surface area contributed by atoms with Crippen LogP contribution in [0.2, 0.25) is 0 Å². The van der Waals surface area contributed by atoms with Gasteiger partial charge in [0, 0.05) is 30.0 Å². The van der Waals surface area contributed by atoms with E-state index in [0.717, 1.165) is 56.0 Å². The summed E-state index contributed by atoms with van der Waals surface area (Å²) in [6.45, 7) is 9.95. The first-order valence-corrected chi connectivity index (χ1v) is 11.4. The summed E-state index contributed by atoms with van der Waals surface area (Å²) in [5.74, 6) is -1.11. The third-order valence-corrected chi connectivity index (χ3v) is 6.11. The van der Waals surface area contributed by atoms with Crippen molar-refractivity contribution in [2.45, 2.75) is 65.6 Å². The van der Waals surface area contributed by atoms with Gasteiger partial charge in [-0.05, 0) is 64.5 Å². The van der Waals surface area contributed by atoms with Gasteiger partial charge in [0.25, 0.3) is 0 Å². The third kappa shape index (κ3) is 6.20. The summed E-state index contributed by atoms with van der Waals surface area (Å²) in [7, 11) is 0. The highest BCUT2D eigenvalue weighted by molar-refractivity contribution is 5.86. The Hall–Kier alpha value is -3.37. The van der Waals surface area contributed by atoms with E-state index in [1.54, 1.807) is 0 Å². The molecule has 0 aliphatic carbocycles. The Kier molecular flexibility index (Phi) is 7.86. The summed E-state index contributed by atoms with van der Waals surface area (Å²) in [5, 5.41) is 13.6. The van der Waals surface area contributed by atoms with Crippen LogP contribution < -0.4 is 15.5 Å². The summed E-state index contributed by atoms with van der Waals surface area (Å²) in [6, 6.07) is 4.20. The number of nitrogens with zero attached hydrogens (tertiary/aromatic N) is 3. The average molecular weight is 494 g/mol. The highest BCUT2D eigenvalue weighted by atomic mass is 19.4. The average Bonchev–Trinajstić information content (AvgIpc) is 3.05. The zero-order chi connectivity index (χ0) is 25.9. The summed E-state index contributed by atoms with van der Waals surface area (Å²) >= 11 is 0. The number of aromatic nitrogens is 2. The number of amides is 1. The molecule has 1 atom stereocenters. The van der Waals surface area contributed by atoms with Crippen LogP contribution in [0.3, 0.4) is 0 Å². The number of rotatable bonds is 3. The standard InChI is InChI=1S/C22H29N5O.C2HF3O2/c1-13-11-14(2)19(15(3)12-13)25-22-24-16(4)17-8-10-27(20(17)26-22)18-7-5-6-9-23-21(18)28;3-2(4,5)1(6)7/h11-12,18H,5-10H2,1-4H3,(H,23,28)(H,24,25,26);(H,6,7). The molecule has 3 heterocycles. The molecule has 1 amide bonds. The summed E-state index contributed by atoms with van der Waals surface area (Å²) < 4.78 is 31.7. The summed E-state index contributed by atoms with van der Waals surface area (Å²) in [6.07, 6.45) is -1.20. The van der Waals surface area contributed by atoms with E-state index in [-0.39, 0.29) is 11.9 Å². The normalized spacial score (nSPS) is 17.6. The third-order valence-electron chi connectivity index (χ3n) is 6.11. The minimum Gasteiger partial charge on any atom is -0.475 e. The van der Waals surface area contributed by atoms with Crippen molar-refractivity contribution >= 4 is 29.3 Å². The lowest BCUT2D eigenvalue weighted by Gasteiger charge is -2.27. The highest BCUT2D eigenvalue weighted by Crippen LogP contribution is 2.33. The Morgan fingerprint density at radius 3 is 2.37 bits per heavy atom. The predicted molar refractivity (Wildman–Crippen MR) is 126 cm³/mol. The second-order valence-electron chi connectivity index (χ2n) is 8.88. The number of alkyl halides is 3. The number of carboxylic acids is 1. The van der Waals surface area contributed by atoms with Gasteiger partial charge in [0.2, 0.25) is 11.9 Å². The lowest BCUT2D eigenvalue weighted by Crippen LogP contribution is -2.45. The molecule has 1 unspecified atom stereocenters. The number of aryl methyl sites for hydroxylation is 4. The van der Waals surface area contributed by atoms with Gasteiger partial charge in [-0.15, -0.1) is 0 Å². The fraction of sp³-hybridized carbons (Fsp3) is 0.500. The van der Waals surface area contributed by atoms with Crippen LogP contribution in [0.25, 0.3) is 0 Å². The molecule has 2 aromatic rings. The number of hydrogen-bond acceptors (Lipinski definition) is 6. The van der Waals surface area contributed by atoms with E-state index in [1.807, 2.05) is 6.92 Å². The number of fused-ring (bicyclic) bond motifs is 1. The number of halogens is 3. The molecule has 2 aliphatic rings. The molecule has 4 rings (SSSR count). The molecule has 0 bridgehead atoms. The number of carbonyl (C=O) groups excluding carboxylic acids is 1. The number of nitrogens with one attached hydrogen (secondary N) is 2. The molecule has 3 N–H and O–H groups in total. The van der Waals surface area contributed by atoms with Crippen molar-refractivity contribution in [3.8, 4) is 0 Å². The van der Waals surface area contributed by atoms with Crippen LogP contribution in [0.5, 0.6) is 0 Å². The van der Waals surface area contributed by atoms with Crippen molar-refractivity contribution in [2.75, 3.05) is 23.3 Å². The summed E-state index contributed by atoms with van der Waals surface area (Å²) in [5.41, 5.74) is 6.82. The SMILES string of the molecule is Cc1cc(C)c(Nc2nc(C)c3c(n2)N(C2CCCCNC2=O)CC3)c(C)c1.O=C(O)C(F)(F)F. The topological polar surface area (TPSA) is 107 Å². The Labute approximate surface area is 202 Å². The maximum Gasteiger partial charge on any atom is 0.490 e. The van der Waals surface area contributed by atoms with Gasteiger partial charge in [0.05, 0.1) is 0 Å². The molecule has 0 saturated carbocycles. The van der Waals surface area contributed by atoms with Crippen LogP contribution in [0, 0.1) is 27.7 Å². The van der Waals surface area contributed by atoms with E-state index < -0.39 is 12.1 Å². The number of anilines is 3. The molecule has 190 valence electrons. The smallest absolute Gasteiger partial charge is 0.475 e. The lowest BCUT2D eigenvalue weighted by molar-refractivity contribution is -0.192. The van der Waals surface area contributed by atoms with Gasteiger partial charge in [0.15, 0.2) is 0 Å². The van der Waals surface area contributed by atoms with E-state index in [9.17, 15) is 18.0 Å². The fourth-order valence-electron chi connectivity index (χ4n) is 4.52. The highest BCUT2D eigenvalue weighted by Gasteiger charge is 2.38. The van der Waals surface area contributed by atoms with Crippen molar-refractivity contribution in [3.63, 3.8) is 0 Å². The maximum atomic E-state index is 12.6. The van der Waals surface area contributed by atoms with Crippen LogP contribution in [0.15, 0.2) is 12.1 Å². The van der Waals surface area contributed by atoms with Gasteiger partial charge < -0.3 is 20.6 Å². The molecule has 2 aliphatic heterocycles. The quantitative estimate of drug-likeness (QED) is 0.591. The molecule has 1 aromatic carbocycles. The number of hydrogen-bond donors (Lipinski definition) is 3. The Morgan fingerprint density at radius 2 is 1.77 bits per heavy atom. The van der Waals surface area contributed by atoms with E-state index >= 15 is 0 Å². The maximum absolute atomic E-state index is 12.6. The number of carboxylic acid groups (broad SMARTS) is 1. The van der Waals surface area contributed by atoms with Crippen LogP contribution in [-0.4, -0.2) is 52.3 Å². The second-order valence-corrected chi connectivity index (χ2v) is 8.88. The van der Waals surface area contributed by atoms with Gasteiger partial charge in [-0.25, -0.2) is 9.78 Å². The van der Waals surface area contributed by atoms with Crippen molar-refractivity contribution in [3.05, 3.63) is 40.1 Å². The van der Waals surface area contributed by atoms with E-state index in [2.05, 4.69) is 48.4 Å². The molecule has 0 spiro atoms. The first-order valence-electron chi connectivity index (χ1n) is 11.4. The molecule has 1 fully saturated rings. The molecular formula is C24H30F3N5O3. The van der Waals surface area contributed by atoms with Crippen molar-refractivity contribution in [1.82, 2.24) is 15.3 Å². The fourth-order valence-corrected chi connectivity index (χ4v) is 4.52. The van der Waals surface area contributed by atoms with Gasteiger partial charge in [0.1, 0.15) is 11.9 Å². The van der Waals surface area contributed by atoms with E-state index in [1.165, 1.54) is 22.3 Å². The van der Waals surface area contributed by atoms with Crippen LogP contribution >= 0.6 is 0 Å². The van der Waals surface area contributed by atoms with Crippen molar-refractivity contribution < 1.29 is 27.9 Å². The molecule has 8 nitrogen and oxygen atoms in total. The van der Waals surface area contributed by atoms with Crippen LogP contribution in [0.1, 0.15) is 47.2 Å². The van der Waals surface area contributed by atoms with Crippen LogP contribution in [-0.2, 0) is 16.0 Å². The predicted octanol–water partition coefficient (Wildman–Crippen LogP) is 4.12. The Morgan fingerprint density at radius 1 is 1.14 bits per heavy atom. The first-order chi connectivity index (χ1) is 16.4. The largest absolute Gasteiger partial charge is 0.490 e. The molecule has 11 heteroatoms.